The van der Waals surface area contributed by atoms with Crippen LogP contribution in [0.1, 0.15) is 10.9 Å². The first-order chi connectivity index (χ1) is 11.7. The van der Waals surface area contributed by atoms with Crippen molar-refractivity contribution in [2.24, 2.45) is 0 Å². The van der Waals surface area contributed by atoms with Crippen molar-refractivity contribution < 1.29 is 9.18 Å². The molecule has 6 heteroatoms. The second-order valence-corrected chi connectivity index (χ2v) is 5.86. The lowest BCUT2D eigenvalue weighted by Crippen LogP contribution is -2.20. The molecular weight excluding hydrogens is 325 g/mol. The summed E-state index contributed by atoms with van der Waals surface area (Å²) in [5.41, 5.74) is 1.66. The standard InChI is InChI=1S/C18H12FN3OS/c19-14-8-4-5-9-15(14)21-17(23)13(10-20)18-22-16(11-24-18)12-6-2-1-3-7-12/h1-9,11,13H,(H,21,23)/t13-/m1/s1. The van der Waals surface area contributed by atoms with Crippen LogP contribution in [-0.2, 0) is 4.79 Å². The molecule has 0 bridgehead atoms. The van der Waals surface area contributed by atoms with Gasteiger partial charge in [0.2, 0.25) is 5.91 Å². The molecule has 1 atom stereocenters. The van der Waals surface area contributed by atoms with E-state index in [1.54, 1.807) is 11.4 Å². The zero-order valence-electron chi connectivity index (χ0n) is 12.4. The van der Waals surface area contributed by atoms with Gasteiger partial charge in [0, 0.05) is 10.9 Å². The Morgan fingerprint density at radius 3 is 2.58 bits per heavy atom. The first-order valence-electron chi connectivity index (χ1n) is 7.15. The number of aromatic nitrogens is 1. The monoisotopic (exact) mass is 337 g/mol. The van der Waals surface area contributed by atoms with Crippen molar-refractivity contribution in [1.29, 1.82) is 5.26 Å². The summed E-state index contributed by atoms with van der Waals surface area (Å²) >= 11 is 1.23. The van der Waals surface area contributed by atoms with Crippen LogP contribution in [0.4, 0.5) is 10.1 Å². The minimum absolute atomic E-state index is 0.0441. The van der Waals surface area contributed by atoms with Gasteiger partial charge in [-0.15, -0.1) is 11.3 Å². The third-order valence-corrected chi connectivity index (χ3v) is 4.27. The van der Waals surface area contributed by atoms with Crippen molar-refractivity contribution in [3.63, 3.8) is 0 Å². The lowest BCUT2D eigenvalue weighted by Gasteiger charge is -2.08. The van der Waals surface area contributed by atoms with E-state index in [2.05, 4.69) is 10.3 Å². The molecule has 0 saturated carbocycles. The van der Waals surface area contributed by atoms with Crippen LogP contribution >= 0.6 is 11.3 Å². The van der Waals surface area contributed by atoms with Gasteiger partial charge in [-0.2, -0.15) is 5.26 Å². The Labute approximate surface area is 142 Å². The third kappa shape index (κ3) is 3.31. The van der Waals surface area contributed by atoms with E-state index in [1.165, 1.54) is 29.5 Å². The minimum Gasteiger partial charge on any atom is -0.322 e. The van der Waals surface area contributed by atoms with Crippen molar-refractivity contribution >= 4 is 22.9 Å². The third-order valence-electron chi connectivity index (χ3n) is 3.36. The minimum atomic E-state index is -1.09. The molecule has 4 nitrogen and oxygen atoms in total. The van der Waals surface area contributed by atoms with Crippen LogP contribution in [0.3, 0.4) is 0 Å². The Morgan fingerprint density at radius 2 is 1.88 bits per heavy atom. The van der Waals surface area contributed by atoms with E-state index in [-0.39, 0.29) is 5.69 Å². The summed E-state index contributed by atoms with van der Waals surface area (Å²) in [7, 11) is 0. The maximum atomic E-state index is 13.6. The number of halogens is 1. The number of carbonyl (C=O) groups is 1. The maximum Gasteiger partial charge on any atom is 0.248 e. The van der Waals surface area contributed by atoms with E-state index in [9.17, 15) is 14.4 Å². The van der Waals surface area contributed by atoms with Crippen molar-refractivity contribution in [3.8, 4) is 17.3 Å². The number of carbonyl (C=O) groups excluding carboxylic acids is 1. The molecule has 2 aromatic carbocycles. The Hall–Kier alpha value is -3.04. The Kier molecular flexibility index (Phi) is 4.64. The van der Waals surface area contributed by atoms with Gasteiger partial charge in [-0.05, 0) is 12.1 Å². The Morgan fingerprint density at radius 1 is 1.17 bits per heavy atom. The number of hydrogen-bond donors (Lipinski definition) is 1. The molecule has 0 aliphatic rings. The van der Waals surface area contributed by atoms with Gasteiger partial charge in [0.1, 0.15) is 10.8 Å². The Balaban J connectivity index is 1.82. The van der Waals surface area contributed by atoms with Gasteiger partial charge >= 0.3 is 0 Å². The largest absolute Gasteiger partial charge is 0.322 e. The van der Waals surface area contributed by atoms with Gasteiger partial charge in [0.15, 0.2) is 5.92 Å². The lowest BCUT2D eigenvalue weighted by atomic mass is 10.1. The fourth-order valence-electron chi connectivity index (χ4n) is 2.16. The van der Waals surface area contributed by atoms with Gasteiger partial charge in [-0.3, -0.25) is 4.79 Å². The molecule has 0 unspecified atom stereocenters. The number of benzene rings is 2. The number of nitrogens with one attached hydrogen (secondary N) is 1. The summed E-state index contributed by atoms with van der Waals surface area (Å²) in [6.07, 6.45) is 0. The van der Waals surface area contributed by atoms with Crippen molar-refractivity contribution in [2.45, 2.75) is 5.92 Å². The molecule has 1 aromatic heterocycles. The Bertz CT molecular complexity index is 902. The average molecular weight is 337 g/mol. The van der Waals surface area contributed by atoms with Crippen molar-refractivity contribution in [2.75, 3.05) is 5.32 Å². The number of rotatable bonds is 4. The molecule has 1 heterocycles. The predicted molar refractivity (Wildman–Crippen MR) is 90.9 cm³/mol. The fraction of sp³-hybridized carbons (Fsp3) is 0.0556. The topological polar surface area (TPSA) is 65.8 Å². The van der Waals surface area contributed by atoms with Gasteiger partial charge in [0.25, 0.3) is 0 Å². The van der Waals surface area contributed by atoms with E-state index in [1.807, 2.05) is 36.4 Å². The molecule has 3 aromatic rings. The van der Waals surface area contributed by atoms with Crippen LogP contribution < -0.4 is 5.32 Å². The highest BCUT2D eigenvalue weighted by molar-refractivity contribution is 7.10. The predicted octanol–water partition coefficient (Wildman–Crippen LogP) is 4.20. The fourth-order valence-corrected chi connectivity index (χ4v) is 3.02. The molecular formula is C18H12FN3OS. The highest BCUT2D eigenvalue weighted by atomic mass is 32.1. The molecule has 1 N–H and O–H groups in total. The highest BCUT2D eigenvalue weighted by Gasteiger charge is 2.24. The van der Waals surface area contributed by atoms with E-state index < -0.39 is 17.6 Å². The summed E-state index contributed by atoms with van der Waals surface area (Å²) in [6, 6.07) is 17.2. The highest BCUT2D eigenvalue weighted by Crippen LogP contribution is 2.27. The SMILES string of the molecule is N#C[C@H](C(=O)Nc1ccccc1F)c1nc(-c2ccccc2)cs1. The molecule has 0 radical (unpaired) electrons. The van der Waals surface area contributed by atoms with Crippen molar-refractivity contribution in [3.05, 3.63) is 70.8 Å². The lowest BCUT2D eigenvalue weighted by molar-refractivity contribution is -0.116. The molecule has 0 saturated heterocycles. The second-order valence-electron chi connectivity index (χ2n) is 4.97. The maximum absolute atomic E-state index is 13.6. The van der Waals surface area contributed by atoms with Crippen LogP contribution in [0.2, 0.25) is 0 Å². The van der Waals surface area contributed by atoms with Crippen LogP contribution in [0, 0.1) is 17.1 Å². The quantitative estimate of drug-likeness (QED) is 0.776. The van der Waals surface area contributed by atoms with Gasteiger partial charge in [-0.25, -0.2) is 9.37 Å². The smallest absolute Gasteiger partial charge is 0.248 e. The average Bonchev–Trinajstić information content (AvgIpc) is 3.08. The number of para-hydroxylation sites is 1. The molecule has 3 rings (SSSR count). The molecule has 0 fully saturated rings. The summed E-state index contributed by atoms with van der Waals surface area (Å²) < 4.78 is 13.6. The summed E-state index contributed by atoms with van der Waals surface area (Å²) in [5.74, 6) is -2.24. The van der Waals surface area contributed by atoms with E-state index >= 15 is 0 Å². The van der Waals surface area contributed by atoms with Gasteiger partial charge in [0.05, 0.1) is 17.5 Å². The number of hydrogen-bond acceptors (Lipinski definition) is 4. The first-order valence-corrected chi connectivity index (χ1v) is 8.03. The number of nitrogens with zero attached hydrogens (tertiary/aromatic N) is 2. The molecule has 0 aliphatic carbocycles. The molecule has 1 amide bonds. The van der Waals surface area contributed by atoms with Crippen LogP contribution in [0.25, 0.3) is 11.3 Å². The van der Waals surface area contributed by atoms with Crippen LogP contribution in [-0.4, -0.2) is 10.9 Å². The molecule has 0 spiro atoms. The molecule has 118 valence electrons. The van der Waals surface area contributed by atoms with Crippen LogP contribution in [0.15, 0.2) is 60.0 Å². The van der Waals surface area contributed by atoms with Crippen molar-refractivity contribution in [1.82, 2.24) is 4.98 Å². The number of amides is 1. The first kappa shape index (κ1) is 15.8. The van der Waals surface area contributed by atoms with E-state index in [4.69, 9.17) is 0 Å². The zero-order chi connectivity index (χ0) is 16.9. The van der Waals surface area contributed by atoms with E-state index in [0.717, 1.165) is 5.56 Å². The van der Waals surface area contributed by atoms with Crippen LogP contribution in [0.5, 0.6) is 0 Å². The van der Waals surface area contributed by atoms with Gasteiger partial charge in [-0.1, -0.05) is 42.5 Å². The van der Waals surface area contributed by atoms with Gasteiger partial charge < -0.3 is 5.32 Å². The number of thiazole rings is 1. The molecule has 24 heavy (non-hydrogen) atoms. The summed E-state index contributed by atoms with van der Waals surface area (Å²) in [4.78, 5) is 16.7. The zero-order valence-corrected chi connectivity index (χ0v) is 13.3. The number of anilines is 1. The summed E-state index contributed by atoms with van der Waals surface area (Å²) in [5, 5.41) is 14.0. The number of nitriles is 1. The molecule has 0 aliphatic heterocycles. The summed E-state index contributed by atoms with van der Waals surface area (Å²) in [6.45, 7) is 0. The normalized spacial score (nSPS) is 11.5. The van der Waals surface area contributed by atoms with E-state index in [0.29, 0.717) is 10.7 Å². The second kappa shape index (κ2) is 7.02.